The predicted molar refractivity (Wildman–Crippen MR) is 71.9 cm³/mol. The highest BCUT2D eigenvalue weighted by atomic mass is 32.1. The van der Waals surface area contributed by atoms with E-state index < -0.39 is 5.60 Å². The predicted octanol–water partition coefficient (Wildman–Crippen LogP) is 2.35. The van der Waals surface area contributed by atoms with Gasteiger partial charge < -0.3 is 10.1 Å². The van der Waals surface area contributed by atoms with Crippen LogP contribution in [0.5, 0.6) is 0 Å². The molecule has 2 rings (SSSR count). The number of nitrogens with zero attached hydrogens (tertiary/aromatic N) is 2. The lowest BCUT2D eigenvalue weighted by Gasteiger charge is -2.24. The van der Waals surface area contributed by atoms with Crippen molar-refractivity contribution in [2.45, 2.75) is 46.4 Å². The van der Waals surface area contributed by atoms with Gasteiger partial charge in [0, 0.05) is 6.92 Å². The number of fused-ring (bicyclic) bond motifs is 1. The van der Waals surface area contributed by atoms with Crippen molar-refractivity contribution in [1.82, 2.24) is 9.88 Å². The van der Waals surface area contributed by atoms with Crippen LogP contribution in [-0.4, -0.2) is 27.5 Å². The molecule has 0 saturated carbocycles. The zero-order chi connectivity index (χ0) is 14.2. The van der Waals surface area contributed by atoms with Crippen LogP contribution < -0.4 is 5.32 Å². The minimum atomic E-state index is -0.498. The molecule has 2 amide bonds. The summed E-state index contributed by atoms with van der Waals surface area (Å²) < 4.78 is 5.31. The Hall–Kier alpha value is -1.63. The van der Waals surface area contributed by atoms with Crippen molar-refractivity contribution in [3.63, 3.8) is 0 Å². The van der Waals surface area contributed by atoms with Gasteiger partial charge in [-0.15, -0.1) is 0 Å². The summed E-state index contributed by atoms with van der Waals surface area (Å²) in [6.07, 6.45) is -0.334. The van der Waals surface area contributed by atoms with E-state index in [2.05, 4.69) is 10.3 Å². The summed E-state index contributed by atoms with van der Waals surface area (Å²) in [6.45, 7) is 7.87. The van der Waals surface area contributed by atoms with Gasteiger partial charge in [0.15, 0.2) is 5.13 Å². The Bertz CT molecular complexity index is 495. The fourth-order valence-corrected chi connectivity index (χ4v) is 2.73. The van der Waals surface area contributed by atoms with E-state index in [4.69, 9.17) is 4.74 Å². The molecule has 104 valence electrons. The second-order valence-electron chi connectivity index (χ2n) is 5.41. The Kier molecular flexibility index (Phi) is 3.49. The third-order valence-corrected chi connectivity index (χ3v) is 3.39. The number of carbonyl (C=O) groups is 2. The van der Waals surface area contributed by atoms with E-state index in [-0.39, 0.29) is 12.0 Å². The highest BCUT2D eigenvalue weighted by Gasteiger charge is 2.30. The number of aromatic nitrogens is 1. The lowest BCUT2D eigenvalue weighted by molar-refractivity contribution is -0.114. The molecule has 1 aromatic heterocycles. The summed E-state index contributed by atoms with van der Waals surface area (Å²) in [7, 11) is 0. The SMILES string of the molecule is CC(=O)Nc1nc2c(s1)CN(C(=O)OC(C)(C)C)C2. The molecule has 1 aliphatic rings. The van der Waals surface area contributed by atoms with Crippen molar-refractivity contribution in [2.24, 2.45) is 0 Å². The van der Waals surface area contributed by atoms with Crippen LogP contribution in [0.4, 0.5) is 9.93 Å². The van der Waals surface area contributed by atoms with Gasteiger partial charge in [0.25, 0.3) is 0 Å². The Labute approximate surface area is 115 Å². The van der Waals surface area contributed by atoms with Gasteiger partial charge in [-0.1, -0.05) is 11.3 Å². The second kappa shape index (κ2) is 4.80. The van der Waals surface area contributed by atoms with E-state index in [1.165, 1.54) is 18.3 Å². The first kappa shape index (κ1) is 13.8. The fraction of sp³-hybridized carbons (Fsp3) is 0.583. The molecule has 6 nitrogen and oxygen atoms in total. The average molecular weight is 283 g/mol. The third kappa shape index (κ3) is 3.44. The quantitative estimate of drug-likeness (QED) is 0.858. The second-order valence-corrected chi connectivity index (χ2v) is 6.49. The smallest absolute Gasteiger partial charge is 0.410 e. The molecular formula is C12H17N3O3S. The lowest BCUT2D eigenvalue weighted by Crippen LogP contribution is -2.33. The van der Waals surface area contributed by atoms with Gasteiger partial charge in [-0.2, -0.15) is 0 Å². The summed E-state index contributed by atoms with van der Waals surface area (Å²) in [5.74, 6) is -0.142. The highest BCUT2D eigenvalue weighted by Crippen LogP contribution is 2.31. The Morgan fingerprint density at radius 3 is 2.58 bits per heavy atom. The van der Waals surface area contributed by atoms with Crippen LogP contribution >= 0.6 is 11.3 Å². The molecule has 0 spiro atoms. The summed E-state index contributed by atoms with van der Waals surface area (Å²) in [5, 5.41) is 3.23. The van der Waals surface area contributed by atoms with Crippen LogP contribution in [0, 0.1) is 0 Å². The van der Waals surface area contributed by atoms with Crippen molar-refractivity contribution in [1.29, 1.82) is 0 Å². The number of nitrogens with one attached hydrogen (secondary N) is 1. The molecule has 0 aromatic carbocycles. The van der Waals surface area contributed by atoms with Gasteiger partial charge in [0.1, 0.15) is 5.60 Å². The molecule has 0 saturated heterocycles. The Morgan fingerprint density at radius 2 is 2.05 bits per heavy atom. The summed E-state index contributed by atoms with van der Waals surface area (Å²) in [6, 6.07) is 0. The monoisotopic (exact) mass is 283 g/mol. The van der Waals surface area contributed by atoms with Crippen molar-refractivity contribution >= 4 is 28.5 Å². The summed E-state index contributed by atoms with van der Waals surface area (Å²) in [5.41, 5.74) is 0.335. The zero-order valence-electron chi connectivity index (χ0n) is 11.4. The van der Waals surface area contributed by atoms with E-state index in [1.54, 1.807) is 4.90 Å². The first-order valence-electron chi connectivity index (χ1n) is 5.99. The molecule has 7 heteroatoms. The molecule has 1 N–H and O–H groups in total. The number of hydrogen-bond donors (Lipinski definition) is 1. The molecule has 0 bridgehead atoms. The van der Waals surface area contributed by atoms with Crippen molar-refractivity contribution in [2.75, 3.05) is 5.32 Å². The highest BCUT2D eigenvalue weighted by molar-refractivity contribution is 7.15. The molecule has 0 radical (unpaired) electrons. The van der Waals surface area contributed by atoms with Gasteiger partial charge in [-0.3, -0.25) is 9.69 Å². The van der Waals surface area contributed by atoms with Crippen LogP contribution in [-0.2, 0) is 22.6 Å². The van der Waals surface area contributed by atoms with Crippen LogP contribution in [0.25, 0.3) is 0 Å². The molecule has 19 heavy (non-hydrogen) atoms. The number of thiazole rings is 1. The van der Waals surface area contributed by atoms with E-state index in [0.717, 1.165) is 10.6 Å². The van der Waals surface area contributed by atoms with E-state index in [0.29, 0.717) is 18.2 Å². The maximum Gasteiger partial charge on any atom is 0.410 e. The lowest BCUT2D eigenvalue weighted by atomic mass is 10.2. The normalized spacial score (nSPS) is 14.2. The number of amides is 2. The number of carbonyl (C=O) groups excluding carboxylic acids is 2. The summed E-state index contributed by atoms with van der Waals surface area (Å²) >= 11 is 1.40. The van der Waals surface area contributed by atoms with Gasteiger partial charge in [-0.25, -0.2) is 9.78 Å². The summed E-state index contributed by atoms with van der Waals surface area (Å²) in [4.78, 5) is 29.7. The third-order valence-electron chi connectivity index (χ3n) is 2.39. The number of ether oxygens (including phenoxy) is 1. The average Bonchev–Trinajstić information content (AvgIpc) is 2.70. The van der Waals surface area contributed by atoms with Crippen molar-refractivity contribution in [3.8, 4) is 0 Å². The van der Waals surface area contributed by atoms with Crippen LogP contribution in [0.15, 0.2) is 0 Å². The largest absolute Gasteiger partial charge is 0.444 e. The van der Waals surface area contributed by atoms with Crippen LogP contribution in [0.2, 0.25) is 0 Å². The van der Waals surface area contributed by atoms with Crippen LogP contribution in [0.3, 0.4) is 0 Å². The van der Waals surface area contributed by atoms with Gasteiger partial charge in [0.05, 0.1) is 23.7 Å². The van der Waals surface area contributed by atoms with Gasteiger partial charge >= 0.3 is 6.09 Å². The number of anilines is 1. The molecule has 1 aromatic rings. The topological polar surface area (TPSA) is 71.5 Å². The minimum absolute atomic E-state index is 0.142. The molecule has 0 aliphatic carbocycles. The maximum atomic E-state index is 11.9. The fourth-order valence-electron chi connectivity index (χ4n) is 1.70. The first-order valence-corrected chi connectivity index (χ1v) is 6.80. The molecule has 2 heterocycles. The van der Waals surface area contributed by atoms with Crippen molar-refractivity contribution < 1.29 is 14.3 Å². The molecular weight excluding hydrogens is 266 g/mol. The van der Waals surface area contributed by atoms with E-state index in [9.17, 15) is 9.59 Å². The van der Waals surface area contributed by atoms with Crippen molar-refractivity contribution in [3.05, 3.63) is 10.6 Å². The molecule has 0 atom stereocenters. The zero-order valence-corrected chi connectivity index (χ0v) is 12.3. The van der Waals surface area contributed by atoms with Crippen LogP contribution in [0.1, 0.15) is 38.3 Å². The van der Waals surface area contributed by atoms with E-state index in [1.807, 2.05) is 20.8 Å². The van der Waals surface area contributed by atoms with Gasteiger partial charge in [-0.05, 0) is 20.8 Å². The maximum absolute atomic E-state index is 11.9. The Balaban J connectivity index is 1.99. The molecule has 1 aliphatic heterocycles. The number of rotatable bonds is 1. The molecule has 0 fully saturated rings. The van der Waals surface area contributed by atoms with E-state index >= 15 is 0 Å². The number of hydrogen-bond acceptors (Lipinski definition) is 5. The van der Waals surface area contributed by atoms with Gasteiger partial charge in [0.2, 0.25) is 5.91 Å². The Morgan fingerprint density at radius 1 is 1.37 bits per heavy atom. The first-order chi connectivity index (χ1) is 8.74. The minimum Gasteiger partial charge on any atom is -0.444 e. The standard InChI is InChI=1S/C12H17N3O3S/c1-7(16)13-10-14-8-5-15(6-9(8)19-10)11(17)18-12(2,3)4/h5-6H2,1-4H3,(H,13,14,16). The molecule has 0 unspecified atom stereocenters.